The zero-order chi connectivity index (χ0) is 16.7. The number of hydrogen-bond donors (Lipinski definition) is 0. The van der Waals surface area contributed by atoms with Crippen molar-refractivity contribution in [1.82, 2.24) is 19.8 Å². The van der Waals surface area contributed by atoms with Crippen LogP contribution >= 0.6 is 0 Å². The van der Waals surface area contributed by atoms with Gasteiger partial charge in [-0.15, -0.1) is 0 Å². The van der Waals surface area contributed by atoms with Crippen molar-refractivity contribution in [2.45, 2.75) is 64.1 Å². The molecule has 2 bridgehead atoms. The third kappa shape index (κ3) is 3.04. The van der Waals surface area contributed by atoms with Crippen LogP contribution in [0.4, 0.5) is 5.82 Å². The van der Waals surface area contributed by atoms with Gasteiger partial charge in [-0.05, 0) is 46.1 Å². The lowest BCUT2D eigenvalue weighted by molar-refractivity contribution is 0.0718. The van der Waals surface area contributed by atoms with Gasteiger partial charge in [-0.3, -0.25) is 4.90 Å². The Morgan fingerprint density at radius 1 is 1.00 bits per heavy atom. The topological polar surface area (TPSA) is 35.5 Å². The Morgan fingerprint density at radius 2 is 1.67 bits per heavy atom. The minimum absolute atomic E-state index is 0.805. The summed E-state index contributed by atoms with van der Waals surface area (Å²) in [6.07, 6.45) is 6.56. The van der Waals surface area contributed by atoms with Crippen molar-refractivity contribution in [1.29, 1.82) is 0 Å². The number of aryl methyl sites for hydroxylation is 2. The number of rotatable bonds is 3. The highest BCUT2D eigenvalue weighted by Crippen LogP contribution is 2.36. The van der Waals surface area contributed by atoms with Crippen LogP contribution in [-0.4, -0.2) is 71.1 Å². The van der Waals surface area contributed by atoms with Crippen LogP contribution in [0, 0.1) is 6.92 Å². The summed E-state index contributed by atoms with van der Waals surface area (Å²) in [5.74, 6) is 2.03. The maximum atomic E-state index is 4.68. The Kier molecular flexibility index (Phi) is 4.48. The van der Waals surface area contributed by atoms with E-state index in [2.05, 4.69) is 44.7 Å². The van der Waals surface area contributed by atoms with Crippen LogP contribution in [0.5, 0.6) is 0 Å². The summed E-state index contributed by atoms with van der Waals surface area (Å²) in [5.41, 5.74) is 1.16. The second kappa shape index (κ2) is 6.60. The van der Waals surface area contributed by atoms with Crippen LogP contribution in [0.1, 0.15) is 44.1 Å². The fraction of sp³-hybridized carbons (Fsp3) is 0.789. The molecule has 3 fully saturated rings. The molecule has 4 heterocycles. The predicted molar refractivity (Wildman–Crippen MR) is 97.5 cm³/mol. The first-order valence-corrected chi connectivity index (χ1v) is 9.69. The highest BCUT2D eigenvalue weighted by molar-refractivity contribution is 5.40. The predicted octanol–water partition coefficient (Wildman–Crippen LogP) is 2.09. The van der Waals surface area contributed by atoms with Gasteiger partial charge >= 0.3 is 0 Å². The summed E-state index contributed by atoms with van der Waals surface area (Å²) in [6, 6.07) is 4.66. The van der Waals surface area contributed by atoms with E-state index in [9.17, 15) is 0 Å². The first kappa shape index (κ1) is 16.3. The van der Waals surface area contributed by atoms with Crippen LogP contribution in [-0.2, 0) is 6.42 Å². The summed E-state index contributed by atoms with van der Waals surface area (Å²) < 4.78 is 0. The lowest BCUT2D eigenvalue weighted by Crippen LogP contribution is -2.55. The summed E-state index contributed by atoms with van der Waals surface area (Å²) >= 11 is 0. The normalized spacial score (nSPS) is 31.6. The Bertz CT molecular complexity index is 567. The number of anilines is 1. The number of nitrogens with zero attached hydrogens (tertiary/aromatic N) is 5. The number of piperazine rings is 1. The van der Waals surface area contributed by atoms with E-state index < -0.39 is 0 Å². The van der Waals surface area contributed by atoms with Gasteiger partial charge in [-0.25, -0.2) is 9.97 Å². The molecule has 2 atom stereocenters. The molecule has 3 aliphatic heterocycles. The second-order valence-electron chi connectivity index (χ2n) is 7.82. The molecule has 24 heavy (non-hydrogen) atoms. The zero-order valence-electron chi connectivity index (χ0n) is 15.4. The molecular weight excluding hydrogens is 298 g/mol. The van der Waals surface area contributed by atoms with Crippen molar-refractivity contribution >= 4 is 5.82 Å². The van der Waals surface area contributed by atoms with Gasteiger partial charge in [0.15, 0.2) is 0 Å². The second-order valence-corrected chi connectivity index (χ2v) is 7.82. The molecule has 0 aliphatic carbocycles. The molecule has 1 aromatic rings. The summed E-state index contributed by atoms with van der Waals surface area (Å²) in [7, 11) is 2.33. The van der Waals surface area contributed by atoms with Crippen molar-refractivity contribution in [2.24, 2.45) is 0 Å². The van der Waals surface area contributed by atoms with Gasteiger partial charge < -0.3 is 9.80 Å². The van der Waals surface area contributed by atoms with Crippen LogP contribution in [0.3, 0.4) is 0 Å². The van der Waals surface area contributed by atoms with E-state index in [1.165, 1.54) is 38.8 Å². The molecule has 0 saturated carbocycles. The molecule has 4 rings (SSSR count). The number of hydrogen-bond acceptors (Lipinski definition) is 5. The Labute approximate surface area is 146 Å². The molecule has 5 heteroatoms. The van der Waals surface area contributed by atoms with Crippen molar-refractivity contribution < 1.29 is 0 Å². The summed E-state index contributed by atoms with van der Waals surface area (Å²) in [6.45, 7) is 8.73. The van der Waals surface area contributed by atoms with Crippen molar-refractivity contribution in [3.8, 4) is 0 Å². The minimum atomic E-state index is 0.805. The summed E-state index contributed by atoms with van der Waals surface area (Å²) in [5, 5.41) is 0. The largest absolute Gasteiger partial charge is 0.354 e. The molecule has 3 saturated heterocycles. The lowest BCUT2D eigenvalue weighted by atomic mass is 9.96. The average molecular weight is 329 g/mol. The molecular formula is C19H31N5. The van der Waals surface area contributed by atoms with Gasteiger partial charge in [-0.2, -0.15) is 0 Å². The van der Waals surface area contributed by atoms with Crippen molar-refractivity contribution in [3.63, 3.8) is 0 Å². The minimum Gasteiger partial charge on any atom is -0.354 e. The van der Waals surface area contributed by atoms with E-state index in [-0.39, 0.29) is 0 Å². The van der Waals surface area contributed by atoms with Gasteiger partial charge in [0, 0.05) is 56.1 Å². The maximum absolute atomic E-state index is 4.68. The molecule has 2 unspecified atom stereocenters. The van der Waals surface area contributed by atoms with Crippen molar-refractivity contribution in [3.05, 3.63) is 17.6 Å². The number of aromatic nitrogens is 2. The van der Waals surface area contributed by atoms with E-state index in [4.69, 9.17) is 0 Å². The summed E-state index contributed by atoms with van der Waals surface area (Å²) in [4.78, 5) is 17.0. The first-order valence-electron chi connectivity index (χ1n) is 9.69. The standard InChI is InChI=1S/C19H31N5/c1-4-15-11-19(21-14(2)20-15)24-9-7-23(8-10-24)18-12-16-5-6-17(13-18)22(16)3/h11,16-18H,4-10,12-13H2,1-3H3. The zero-order valence-corrected chi connectivity index (χ0v) is 15.4. The van der Waals surface area contributed by atoms with Crippen LogP contribution in [0.15, 0.2) is 6.07 Å². The van der Waals surface area contributed by atoms with Gasteiger partial charge in [0.1, 0.15) is 11.6 Å². The van der Waals surface area contributed by atoms with E-state index >= 15 is 0 Å². The third-order valence-corrected chi connectivity index (χ3v) is 6.47. The molecule has 0 amide bonds. The van der Waals surface area contributed by atoms with Crippen LogP contribution < -0.4 is 4.90 Å². The molecule has 0 spiro atoms. The molecule has 132 valence electrons. The highest BCUT2D eigenvalue weighted by Gasteiger charge is 2.40. The number of fused-ring (bicyclic) bond motifs is 2. The van der Waals surface area contributed by atoms with Gasteiger partial charge in [0.25, 0.3) is 0 Å². The highest BCUT2D eigenvalue weighted by atomic mass is 15.3. The molecule has 0 aromatic carbocycles. The SMILES string of the molecule is CCc1cc(N2CCN(C3CC4CCC(C3)N4C)CC2)nc(C)n1. The fourth-order valence-corrected chi connectivity index (χ4v) is 4.95. The van der Waals surface area contributed by atoms with Gasteiger partial charge in [0.05, 0.1) is 0 Å². The maximum Gasteiger partial charge on any atom is 0.132 e. The molecule has 5 nitrogen and oxygen atoms in total. The Morgan fingerprint density at radius 3 is 2.29 bits per heavy atom. The van der Waals surface area contributed by atoms with Crippen LogP contribution in [0.25, 0.3) is 0 Å². The quantitative estimate of drug-likeness (QED) is 0.848. The average Bonchev–Trinajstić information content (AvgIpc) is 2.82. The lowest BCUT2D eigenvalue weighted by Gasteiger charge is -2.45. The Balaban J connectivity index is 1.38. The van der Waals surface area contributed by atoms with E-state index in [0.29, 0.717) is 0 Å². The van der Waals surface area contributed by atoms with Crippen LogP contribution in [0.2, 0.25) is 0 Å². The fourth-order valence-electron chi connectivity index (χ4n) is 4.95. The van der Waals surface area contributed by atoms with E-state index in [1.807, 2.05) is 6.92 Å². The van der Waals surface area contributed by atoms with E-state index in [0.717, 1.165) is 55.0 Å². The monoisotopic (exact) mass is 329 g/mol. The smallest absolute Gasteiger partial charge is 0.132 e. The molecule has 1 aromatic heterocycles. The van der Waals surface area contributed by atoms with E-state index in [1.54, 1.807) is 0 Å². The van der Waals surface area contributed by atoms with Crippen molar-refractivity contribution in [2.75, 3.05) is 38.1 Å². The molecule has 0 radical (unpaired) electrons. The third-order valence-electron chi connectivity index (χ3n) is 6.47. The van der Waals surface area contributed by atoms with Gasteiger partial charge in [-0.1, -0.05) is 6.92 Å². The Hall–Kier alpha value is -1.20. The van der Waals surface area contributed by atoms with Gasteiger partial charge in [0.2, 0.25) is 0 Å². The molecule has 0 N–H and O–H groups in total. The molecule has 3 aliphatic rings. The number of piperidine rings is 1. The first-order chi connectivity index (χ1) is 11.6.